The zero-order chi connectivity index (χ0) is 15.5. The van der Waals surface area contributed by atoms with E-state index < -0.39 is 11.7 Å². The van der Waals surface area contributed by atoms with Gasteiger partial charge in [0.1, 0.15) is 0 Å². The van der Waals surface area contributed by atoms with Crippen molar-refractivity contribution in [3.63, 3.8) is 0 Å². The quantitative estimate of drug-likeness (QED) is 0.900. The third-order valence-corrected chi connectivity index (χ3v) is 3.78. The lowest BCUT2D eigenvalue weighted by atomic mass is 9.99. The standard InChI is InChI=1S/C15H19F3N2O/c1-10-13(7-4-8-19-10)20-14(21)9-11-5-2-3-6-12(11)15(16,17)18/h2-3,5-6,10,13,19H,4,7-9H2,1H3,(H,20,21). The summed E-state index contributed by atoms with van der Waals surface area (Å²) in [7, 11) is 0. The maximum atomic E-state index is 12.9. The molecule has 1 aliphatic rings. The van der Waals surface area contributed by atoms with Crippen LogP contribution in [0.2, 0.25) is 0 Å². The van der Waals surface area contributed by atoms with Crippen LogP contribution in [0.5, 0.6) is 0 Å². The Bertz CT molecular complexity index is 502. The molecule has 0 spiro atoms. The number of hydrogen-bond donors (Lipinski definition) is 2. The average Bonchev–Trinajstić information content (AvgIpc) is 2.41. The predicted molar refractivity (Wildman–Crippen MR) is 73.8 cm³/mol. The van der Waals surface area contributed by atoms with Crippen molar-refractivity contribution in [3.05, 3.63) is 35.4 Å². The highest BCUT2D eigenvalue weighted by Gasteiger charge is 2.33. The minimum atomic E-state index is -4.43. The minimum absolute atomic E-state index is 0.0129. The van der Waals surface area contributed by atoms with Gasteiger partial charge in [0, 0.05) is 12.1 Å². The van der Waals surface area contributed by atoms with Gasteiger partial charge < -0.3 is 10.6 Å². The van der Waals surface area contributed by atoms with E-state index in [9.17, 15) is 18.0 Å². The molecule has 1 heterocycles. The van der Waals surface area contributed by atoms with E-state index in [1.807, 2.05) is 6.92 Å². The first-order valence-corrected chi connectivity index (χ1v) is 7.06. The van der Waals surface area contributed by atoms with Gasteiger partial charge in [-0.2, -0.15) is 13.2 Å². The van der Waals surface area contributed by atoms with Crippen molar-refractivity contribution >= 4 is 5.91 Å². The zero-order valence-corrected chi connectivity index (χ0v) is 11.8. The number of carbonyl (C=O) groups is 1. The molecule has 1 aromatic rings. The Morgan fingerprint density at radius 2 is 2.10 bits per heavy atom. The summed E-state index contributed by atoms with van der Waals surface area (Å²) in [5.74, 6) is -0.368. The fourth-order valence-corrected chi connectivity index (χ4v) is 2.62. The van der Waals surface area contributed by atoms with E-state index in [1.54, 1.807) is 0 Å². The molecule has 1 aromatic carbocycles. The summed E-state index contributed by atoms with van der Waals surface area (Å²) in [5.41, 5.74) is -0.728. The third kappa shape index (κ3) is 4.20. The highest BCUT2D eigenvalue weighted by molar-refractivity contribution is 5.79. The smallest absolute Gasteiger partial charge is 0.352 e. The Kier molecular flexibility index (Phi) is 4.88. The molecule has 2 unspecified atom stereocenters. The molecule has 21 heavy (non-hydrogen) atoms. The number of benzene rings is 1. The van der Waals surface area contributed by atoms with Gasteiger partial charge in [0.05, 0.1) is 12.0 Å². The van der Waals surface area contributed by atoms with Gasteiger partial charge in [0.15, 0.2) is 0 Å². The Morgan fingerprint density at radius 3 is 2.76 bits per heavy atom. The van der Waals surface area contributed by atoms with Gasteiger partial charge in [-0.3, -0.25) is 4.79 Å². The summed E-state index contributed by atoms with van der Waals surface area (Å²) in [6.07, 6.45) is -2.88. The second-order valence-corrected chi connectivity index (χ2v) is 5.39. The number of alkyl halides is 3. The van der Waals surface area contributed by atoms with Crippen LogP contribution in [0.4, 0.5) is 13.2 Å². The second-order valence-electron chi connectivity index (χ2n) is 5.39. The summed E-state index contributed by atoms with van der Waals surface area (Å²) in [6.45, 7) is 2.87. The summed E-state index contributed by atoms with van der Waals surface area (Å²) in [6, 6.07) is 5.32. The molecule has 2 N–H and O–H groups in total. The van der Waals surface area contributed by atoms with Crippen molar-refractivity contribution < 1.29 is 18.0 Å². The van der Waals surface area contributed by atoms with E-state index in [-0.39, 0.29) is 30.0 Å². The predicted octanol–water partition coefficient (Wildman–Crippen LogP) is 2.50. The first kappa shape index (κ1) is 15.8. The van der Waals surface area contributed by atoms with Gasteiger partial charge in [-0.05, 0) is 37.9 Å². The van der Waals surface area contributed by atoms with Crippen molar-refractivity contribution in [1.29, 1.82) is 0 Å². The molecule has 2 atom stereocenters. The summed E-state index contributed by atoms with van der Waals surface area (Å²) < 4.78 is 38.6. The fourth-order valence-electron chi connectivity index (χ4n) is 2.62. The monoisotopic (exact) mass is 300 g/mol. The lowest BCUT2D eigenvalue weighted by molar-refractivity contribution is -0.138. The molecule has 0 saturated carbocycles. The van der Waals surface area contributed by atoms with Crippen LogP contribution in [0.15, 0.2) is 24.3 Å². The second kappa shape index (κ2) is 6.47. The van der Waals surface area contributed by atoms with E-state index in [1.165, 1.54) is 18.2 Å². The average molecular weight is 300 g/mol. The summed E-state index contributed by atoms with van der Waals surface area (Å²) in [4.78, 5) is 12.0. The number of halogens is 3. The van der Waals surface area contributed by atoms with Crippen molar-refractivity contribution in [2.24, 2.45) is 0 Å². The van der Waals surface area contributed by atoms with E-state index in [0.717, 1.165) is 25.5 Å². The molecule has 6 heteroatoms. The number of rotatable bonds is 3. The SMILES string of the molecule is CC1NCCCC1NC(=O)Cc1ccccc1C(F)(F)F. The molecule has 0 radical (unpaired) electrons. The minimum Gasteiger partial charge on any atom is -0.352 e. The van der Waals surface area contributed by atoms with Gasteiger partial charge in [-0.1, -0.05) is 18.2 Å². The van der Waals surface area contributed by atoms with Crippen LogP contribution in [0, 0.1) is 0 Å². The van der Waals surface area contributed by atoms with Crippen molar-refractivity contribution in [2.75, 3.05) is 6.54 Å². The topological polar surface area (TPSA) is 41.1 Å². The number of piperidine rings is 1. The van der Waals surface area contributed by atoms with E-state index >= 15 is 0 Å². The molecule has 116 valence electrons. The lowest BCUT2D eigenvalue weighted by Crippen LogP contribution is -2.52. The van der Waals surface area contributed by atoms with E-state index in [4.69, 9.17) is 0 Å². The highest BCUT2D eigenvalue weighted by Crippen LogP contribution is 2.32. The maximum absolute atomic E-state index is 12.9. The molecular formula is C15H19F3N2O. The molecule has 1 fully saturated rings. The van der Waals surface area contributed by atoms with Crippen LogP contribution in [0.25, 0.3) is 0 Å². The molecule has 0 aliphatic carbocycles. The Labute approximate surface area is 121 Å². The fraction of sp³-hybridized carbons (Fsp3) is 0.533. The van der Waals surface area contributed by atoms with Gasteiger partial charge >= 0.3 is 6.18 Å². The largest absolute Gasteiger partial charge is 0.416 e. The molecule has 1 saturated heterocycles. The molecule has 0 aromatic heterocycles. The number of nitrogens with one attached hydrogen (secondary N) is 2. The lowest BCUT2D eigenvalue weighted by Gasteiger charge is -2.30. The number of hydrogen-bond acceptors (Lipinski definition) is 2. The molecule has 2 rings (SSSR count). The molecule has 1 aliphatic heterocycles. The van der Waals surface area contributed by atoms with Crippen LogP contribution >= 0.6 is 0 Å². The molecule has 1 amide bonds. The first-order chi connectivity index (χ1) is 9.88. The third-order valence-electron chi connectivity index (χ3n) is 3.78. The van der Waals surface area contributed by atoms with Crippen molar-refractivity contribution in [3.8, 4) is 0 Å². The van der Waals surface area contributed by atoms with Crippen molar-refractivity contribution in [1.82, 2.24) is 10.6 Å². The Hall–Kier alpha value is -1.56. The van der Waals surface area contributed by atoms with E-state index in [0.29, 0.717) is 0 Å². The summed E-state index contributed by atoms with van der Waals surface area (Å²) >= 11 is 0. The highest BCUT2D eigenvalue weighted by atomic mass is 19.4. The van der Waals surface area contributed by atoms with Crippen molar-refractivity contribution in [2.45, 2.75) is 44.4 Å². The van der Waals surface area contributed by atoms with Crippen LogP contribution in [-0.2, 0) is 17.4 Å². The van der Waals surface area contributed by atoms with Gasteiger partial charge in [-0.25, -0.2) is 0 Å². The van der Waals surface area contributed by atoms with E-state index in [2.05, 4.69) is 10.6 Å². The Balaban J connectivity index is 2.03. The normalized spacial score (nSPS) is 22.9. The van der Waals surface area contributed by atoms with Crippen LogP contribution in [0.1, 0.15) is 30.9 Å². The zero-order valence-electron chi connectivity index (χ0n) is 11.8. The van der Waals surface area contributed by atoms with Gasteiger partial charge in [-0.15, -0.1) is 0 Å². The van der Waals surface area contributed by atoms with Gasteiger partial charge in [0.25, 0.3) is 0 Å². The summed E-state index contributed by atoms with van der Waals surface area (Å²) in [5, 5.41) is 6.07. The number of carbonyl (C=O) groups excluding carboxylic acids is 1. The number of amides is 1. The molecule has 0 bridgehead atoms. The maximum Gasteiger partial charge on any atom is 0.416 e. The molecule has 3 nitrogen and oxygen atoms in total. The van der Waals surface area contributed by atoms with Gasteiger partial charge in [0.2, 0.25) is 5.91 Å². The van der Waals surface area contributed by atoms with Crippen LogP contribution in [0.3, 0.4) is 0 Å². The molecular weight excluding hydrogens is 281 g/mol. The van der Waals surface area contributed by atoms with Crippen LogP contribution in [-0.4, -0.2) is 24.5 Å². The van der Waals surface area contributed by atoms with Crippen LogP contribution < -0.4 is 10.6 Å². The Morgan fingerprint density at radius 1 is 1.38 bits per heavy atom. The first-order valence-electron chi connectivity index (χ1n) is 7.06.